The maximum atomic E-state index is 12.3. The monoisotopic (exact) mass is 591 g/mol. The molecule has 7 N–H and O–H groups in total. The maximum Gasteiger partial charge on any atom is 0.490 e. The van der Waals surface area contributed by atoms with Crippen molar-refractivity contribution in [1.29, 1.82) is 0 Å². The van der Waals surface area contributed by atoms with Crippen LogP contribution >= 0.6 is 23.5 Å². The molecule has 0 aliphatic carbocycles. The van der Waals surface area contributed by atoms with Crippen LogP contribution < -0.4 is 10.5 Å². The summed E-state index contributed by atoms with van der Waals surface area (Å²) in [6.07, 6.45) is -2.36. The van der Waals surface area contributed by atoms with Gasteiger partial charge in [-0.3, -0.25) is 9.09 Å². The smallest absolute Gasteiger partial charge is 0.476 e. The SMILES string of the molecule is CCOc1nc(N)nc2c1ncn2[C@@H]1O[C@]2(COP(=O)(O)OP(=O)(O)OP(=O)(O)O)[C@@H](O)[C@H]1OC2(C)C. The van der Waals surface area contributed by atoms with E-state index in [2.05, 4.69) is 23.6 Å². The lowest BCUT2D eigenvalue weighted by atomic mass is 9.84. The van der Waals surface area contributed by atoms with Gasteiger partial charge >= 0.3 is 23.5 Å². The third-order valence-corrected chi connectivity index (χ3v) is 9.45. The first-order chi connectivity index (χ1) is 16.9. The number of rotatable bonds is 10. The summed E-state index contributed by atoms with van der Waals surface area (Å²) in [6, 6.07) is 0. The topological polar surface area (TPSA) is 277 Å². The minimum absolute atomic E-state index is 0.107. The number of aromatic nitrogens is 4. The highest BCUT2D eigenvalue weighted by Gasteiger charge is 2.71. The fraction of sp³-hybridized carbons (Fsp3) is 0.667. The van der Waals surface area contributed by atoms with Gasteiger partial charge in [0.25, 0.3) is 0 Å². The highest BCUT2D eigenvalue weighted by atomic mass is 31.3. The number of phosphoric acid groups is 3. The number of hydrogen-bond donors (Lipinski definition) is 6. The Bertz CT molecular complexity index is 1350. The van der Waals surface area contributed by atoms with Crippen LogP contribution in [0.15, 0.2) is 6.33 Å². The number of fused-ring (bicyclic) bond motifs is 3. The van der Waals surface area contributed by atoms with Crippen LogP contribution in [0.2, 0.25) is 0 Å². The Balaban J connectivity index is 1.61. The van der Waals surface area contributed by atoms with E-state index in [1.165, 1.54) is 24.7 Å². The Labute approximate surface area is 207 Å². The van der Waals surface area contributed by atoms with Crippen LogP contribution in [-0.4, -0.2) is 80.8 Å². The minimum Gasteiger partial charge on any atom is -0.476 e. The lowest BCUT2D eigenvalue weighted by Gasteiger charge is -2.42. The first kappa shape index (κ1) is 28.4. The van der Waals surface area contributed by atoms with Crippen molar-refractivity contribution in [1.82, 2.24) is 19.5 Å². The van der Waals surface area contributed by atoms with Gasteiger partial charge < -0.3 is 44.6 Å². The summed E-state index contributed by atoms with van der Waals surface area (Å²) in [5, 5.41) is 11.0. The number of aliphatic hydroxyl groups is 1. The summed E-state index contributed by atoms with van der Waals surface area (Å²) < 4.78 is 65.8. The van der Waals surface area contributed by atoms with Crippen molar-refractivity contribution in [2.75, 3.05) is 18.9 Å². The Morgan fingerprint density at radius 3 is 2.41 bits per heavy atom. The average Bonchev–Trinajstić information content (AvgIpc) is 3.30. The fourth-order valence-corrected chi connectivity index (χ4v) is 7.20. The standard InChI is InChI=1S/C15H24N5O14P3/c1-4-29-11-7-10(18-13(16)19-11)20(6-17-7)12-8-9(21)15(32-12,14(2,3)31-8)5-30-36(25,26)34-37(27,28)33-35(22,23)24/h6,8-9,12,21H,4-5H2,1-3H3,(H,25,26)(H,27,28)(H2,16,18,19)(H2,22,23,24)/t8-,9+,12-,15-/m1/s1. The third-order valence-electron chi connectivity index (χ3n) is 5.67. The molecule has 37 heavy (non-hydrogen) atoms. The van der Waals surface area contributed by atoms with Crippen LogP contribution in [0.1, 0.15) is 27.0 Å². The molecular weight excluding hydrogens is 567 g/mol. The molecule has 0 aromatic carbocycles. The van der Waals surface area contributed by atoms with Gasteiger partial charge in [0.15, 0.2) is 23.0 Å². The molecule has 208 valence electrons. The Hall–Kier alpha value is -1.56. The van der Waals surface area contributed by atoms with Gasteiger partial charge in [-0.1, -0.05) is 0 Å². The summed E-state index contributed by atoms with van der Waals surface area (Å²) in [5.41, 5.74) is 2.98. The molecule has 22 heteroatoms. The average molecular weight is 591 g/mol. The van der Waals surface area contributed by atoms with Crippen molar-refractivity contribution in [2.45, 2.75) is 50.4 Å². The Kier molecular flexibility index (Phi) is 7.13. The number of aliphatic hydroxyl groups excluding tert-OH is 1. The third kappa shape index (κ3) is 5.33. The van der Waals surface area contributed by atoms with Crippen molar-refractivity contribution in [3.05, 3.63) is 6.33 Å². The molecular formula is C15H24N5O14P3. The number of imidazole rings is 1. The fourth-order valence-electron chi connectivity index (χ4n) is 4.15. The number of nitrogens with two attached hydrogens (primary N) is 1. The highest BCUT2D eigenvalue weighted by molar-refractivity contribution is 7.66. The number of nitrogens with zero attached hydrogens (tertiary/aromatic N) is 4. The predicted octanol–water partition coefficient (Wildman–Crippen LogP) is -0.0436. The zero-order valence-electron chi connectivity index (χ0n) is 19.3. The van der Waals surface area contributed by atoms with Crippen LogP contribution in [0, 0.1) is 0 Å². The number of hydrogen-bond acceptors (Lipinski definition) is 14. The van der Waals surface area contributed by atoms with E-state index < -0.39 is 59.7 Å². The Morgan fingerprint density at radius 1 is 1.11 bits per heavy atom. The molecule has 2 saturated heterocycles. The van der Waals surface area contributed by atoms with Gasteiger partial charge in [0.2, 0.25) is 11.8 Å². The van der Waals surface area contributed by atoms with Gasteiger partial charge in [0.05, 0.1) is 25.1 Å². The molecule has 0 amide bonds. The second-order valence-electron chi connectivity index (χ2n) is 8.44. The van der Waals surface area contributed by atoms with Crippen LogP contribution in [0.4, 0.5) is 5.95 Å². The molecule has 4 rings (SSSR count). The lowest BCUT2D eigenvalue weighted by Crippen LogP contribution is -2.57. The van der Waals surface area contributed by atoms with Gasteiger partial charge in [-0.2, -0.15) is 18.6 Å². The van der Waals surface area contributed by atoms with E-state index in [4.69, 9.17) is 34.3 Å². The zero-order valence-corrected chi connectivity index (χ0v) is 22.0. The second-order valence-corrected chi connectivity index (χ2v) is 12.9. The largest absolute Gasteiger partial charge is 0.490 e. The summed E-state index contributed by atoms with van der Waals surface area (Å²) >= 11 is 0. The van der Waals surface area contributed by atoms with Crippen LogP contribution in [0.3, 0.4) is 0 Å². The van der Waals surface area contributed by atoms with Crippen molar-refractivity contribution in [2.24, 2.45) is 0 Å². The van der Waals surface area contributed by atoms with Gasteiger partial charge in [-0.15, -0.1) is 0 Å². The van der Waals surface area contributed by atoms with E-state index in [-0.39, 0.29) is 29.6 Å². The highest BCUT2D eigenvalue weighted by Crippen LogP contribution is 2.67. The molecule has 19 nitrogen and oxygen atoms in total. The normalized spacial score (nSPS) is 30.3. The minimum atomic E-state index is -5.74. The van der Waals surface area contributed by atoms with Crippen LogP contribution in [0.25, 0.3) is 11.2 Å². The van der Waals surface area contributed by atoms with Gasteiger partial charge in [-0.05, 0) is 20.8 Å². The molecule has 2 bridgehead atoms. The molecule has 2 fully saturated rings. The summed E-state index contributed by atoms with van der Waals surface area (Å²) in [6.45, 7) is 4.04. The lowest BCUT2D eigenvalue weighted by molar-refractivity contribution is -0.255. The first-order valence-electron chi connectivity index (χ1n) is 10.4. The zero-order chi connectivity index (χ0) is 27.6. The van der Waals surface area contributed by atoms with E-state index in [0.29, 0.717) is 0 Å². The quantitative estimate of drug-likeness (QED) is 0.198. The first-order valence-corrected chi connectivity index (χ1v) is 14.9. The number of anilines is 1. The van der Waals surface area contributed by atoms with Gasteiger partial charge in [0, 0.05) is 0 Å². The van der Waals surface area contributed by atoms with Crippen LogP contribution in [0.5, 0.6) is 5.88 Å². The molecule has 2 aliphatic rings. The van der Waals surface area contributed by atoms with Crippen molar-refractivity contribution < 1.29 is 65.7 Å². The number of phosphoric ester groups is 1. The summed E-state index contributed by atoms with van der Waals surface area (Å²) in [7, 11) is -16.8. The molecule has 2 aliphatic heterocycles. The van der Waals surface area contributed by atoms with Gasteiger partial charge in [-0.25, -0.2) is 18.7 Å². The molecule has 0 radical (unpaired) electrons. The summed E-state index contributed by atoms with van der Waals surface area (Å²) in [5.74, 6) is -0.0268. The van der Waals surface area contributed by atoms with Crippen molar-refractivity contribution in [3.8, 4) is 5.88 Å². The molecule has 2 aromatic heterocycles. The van der Waals surface area contributed by atoms with Crippen LogP contribution in [-0.2, 0) is 36.3 Å². The maximum absolute atomic E-state index is 12.3. The number of ether oxygens (including phenoxy) is 3. The summed E-state index contributed by atoms with van der Waals surface area (Å²) in [4.78, 5) is 48.9. The van der Waals surface area contributed by atoms with Crippen molar-refractivity contribution in [3.63, 3.8) is 0 Å². The van der Waals surface area contributed by atoms with E-state index in [0.717, 1.165) is 0 Å². The molecule has 2 aromatic rings. The van der Waals surface area contributed by atoms with E-state index in [1.54, 1.807) is 6.92 Å². The molecule has 0 spiro atoms. The van der Waals surface area contributed by atoms with E-state index in [1.807, 2.05) is 0 Å². The van der Waals surface area contributed by atoms with E-state index >= 15 is 0 Å². The number of nitrogen functional groups attached to an aromatic ring is 1. The van der Waals surface area contributed by atoms with E-state index in [9.17, 15) is 28.6 Å². The predicted molar refractivity (Wildman–Crippen MR) is 119 cm³/mol. The van der Waals surface area contributed by atoms with Crippen molar-refractivity contribution >= 4 is 40.6 Å². The molecule has 6 atom stereocenters. The second kappa shape index (κ2) is 9.27. The molecule has 2 unspecified atom stereocenters. The molecule has 4 heterocycles. The van der Waals surface area contributed by atoms with Gasteiger partial charge in [0.1, 0.15) is 12.2 Å². The molecule has 0 saturated carbocycles. The Morgan fingerprint density at radius 2 is 1.78 bits per heavy atom.